The van der Waals surface area contributed by atoms with Crippen LogP contribution in [0.2, 0.25) is 5.28 Å². The van der Waals surface area contributed by atoms with E-state index >= 15 is 0 Å². The number of halogens is 4. The molecule has 0 fully saturated rings. The maximum Gasteiger partial charge on any atom is 0.416 e. The minimum Gasteiger partial charge on any atom is -0.379 e. The summed E-state index contributed by atoms with van der Waals surface area (Å²) in [6, 6.07) is 4.71. The van der Waals surface area contributed by atoms with Gasteiger partial charge in [-0.1, -0.05) is 31.9 Å². The first-order valence-electron chi connectivity index (χ1n) is 11.5. The van der Waals surface area contributed by atoms with E-state index in [0.29, 0.717) is 12.1 Å². The fourth-order valence-corrected chi connectivity index (χ4v) is 3.80. The van der Waals surface area contributed by atoms with E-state index in [2.05, 4.69) is 15.3 Å². The van der Waals surface area contributed by atoms with Crippen LogP contribution in [0.5, 0.6) is 0 Å². The van der Waals surface area contributed by atoms with Gasteiger partial charge in [-0.15, -0.1) is 0 Å². The summed E-state index contributed by atoms with van der Waals surface area (Å²) < 4.78 is 46.2. The number of aryl methyl sites for hydroxylation is 1. The molecule has 2 N–H and O–H groups in total. The zero-order valence-electron chi connectivity index (χ0n) is 19.7. The number of rotatable bonds is 12. The lowest BCUT2D eigenvalue weighted by molar-refractivity contribution is -0.137. The van der Waals surface area contributed by atoms with Crippen molar-refractivity contribution in [1.82, 2.24) is 24.4 Å². The van der Waals surface area contributed by atoms with Crippen molar-refractivity contribution in [2.24, 2.45) is 0 Å². The van der Waals surface area contributed by atoms with E-state index in [-0.39, 0.29) is 49.2 Å². The van der Waals surface area contributed by atoms with Gasteiger partial charge in [0.25, 0.3) is 5.56 Å². The Labute approximate surface area is 209 Å². The molecule has 0 radical (unpaired) electrons. The van der Waals surface area contributed by atoms with Gasteiger partial charge in [0.2, 0.25) is 11.2 Å². The lowest BCUT2D eigenvalue weighted by Crippen LogP contribution is -2.41. The first kappa shape index (κ1) is 27.5. The largest absolute Gasteiger partial charge is 0.416 e. The van der Waals surface area contributed by atoms with Crippen LogP contribution in [0.4, 0.5) is 13.2 Å². The van der Waals surface area contributed by atoms with Gasteiger partial charge in [-0.3, -0.25) is 18.7 Å². The summed E-state index contributed by atoms with van der Waals surface area (Å²) in [6.45, 7) is 2.34. The molecule has 196 valence electrons. The van der Waals surface area contributed by atoms with Crippen molar-refractivity contribution in [2.75, 3.05) is 13.2 Å². The number of ether oxygens (including phenoxy) is 1. The minimum atomic E-state index is -4.46. The number of alkyl halides is 3. The van der Waals surface area contributed by atoms with Crippen molar-refractivity contribution in [3.63, 3.8) is 0 Å². The summed E-state index contributed by atoms with van der Waals surface area (Å²) >= 11 is 5.92. The Hall–Kier alpha value is -3.12. The fraction of sp³-hybridized carbons (Fsp3) is 0.478. The molecular formula is C23H27ClF3N5O4. The molecule has 2 aromatic heterocycles. The molecule has 13 heteroatoms. The molecule has 0 aliphatic heterocycles. The summed E-state index contributed by atoms with van der Waals surface area (Å²) in [5, 5.41) is 2.55. The van der Waals surface area contributed by atoms with Crippen molar-refractivity contribution >= 4 is 28.7 Å². The van der Waals surface area contributed by atoms with Gasteiger partial charge in [-0.05, 0) is 35.7 Å². The smallest absolute Gasteiger partial charge is 0.379 e. The molecule has 9 nitrogen and oxygen atoms in total. The standard InChI is InChI=1S/C23H27ClF3N5O4/c1-2-3-4-9-31-19-18(29-21(24)30-19)20(34)32(22(31)35)10-12-36-11-8-17(33)28-14-15-6-5-7-16(13-15)23(25,26)27/h5-7,13H,2-4,8-12,14H2,1H3,(H,28,33)(H,29,30). The zero-order chi connectivity index (χ0) is 26.3. The van der Waals surface area contributed by atoms with Crippen LogP contribution in [0, 0.1) is 0 Å². The molecule has 0 aliphatic rings. The number of amides is 1. The van der Waals surface area contributed by atoms with Crippen molar-refractivity contribution in [3.8, 4) is 0 Å². The molecule has 1 aromatic carbocycles. The molecule has 0 saturated carbocycles. The number of H-pyrrole nitrogens is 1. The Kier molecular flexibility index (Phi) is 9.32. The topological polar surface area (TPSA) is 111 Å². The van der Waals surface area contributed by atoms with Crippen LogP contribution in [-0.2, 0) is 35.3 Å². The van der Waals surface area contributed by atoms with Gasteiger partial charge in [0.15, 0.2) is 11.2 Å². The van der Waals surface area contributed by atoms with E-state index in [4.69, 9.17) is 16.3 Å². The van der Waals surface area contributed by atoms with Gasteiger partial charge in [-0.25, -0.2) is 4.79 Å². The minimum absolute atomic E-state index is 0.00160. The molecule has 1 amide bonds. The van der Waals surface area contributed by atoms with E-state index in [1.807, 2.05) is 6.92 Å². The number of carbonyl (C=O) groups is 1. The number of nitrogens with zero attached hydrogens (tertiary/aromatic N) is 3. The van der Waals surface area contributed by atoms with Crippen LogP contribution < -0.4 is 16.6 Å². The first-order chi connectivity index (χ1) is 17.1. The van der Waals surface area contributed by atoms with Gasteiger partial charge in [0.1, 0.15) is 0 Å². The average Bonchev–Trinajstić information content (AvgIpc) is 3.23. The summed E-state index contributed by atoms with van der Waals surface area (Å²) in [6.07, 6.45) is -1.89. The molecule has 2 heterocycles. The highest BCUT2D eigenvalue weighted by molar-refractivity contribution is 6.28. The number of unbranched alkanes of at least 4 members (excludes halogenated alkanes) is 2. The molecule has 0 spiro atoms. The Morgan fingerprint density at radius 2 is 1.94 bits per heavy atom. The van der Waals surface area contributed by atoms with E-state index in [0.717, 1.165) is 36.0 Å². The van der Waals surface area contributed by atoms with E-state index in [1.54, 1.807) is 0 Å². The average molecular weight is 530 g/mol. The number of hydrogen-bond donors (Lipinski definition) is 2. The van der Waals surface area contributed by atoms with Crippen LogP contribution in [-0.4, -0.2) is 38.2 Å². The van der Waals surface area contributed by atoms with Crippen LogP contribution >= 0.6 is 11.6 Å². The number of aromatic amines is 1. The Morgan fingerprint density at radius 3 is 2.67 bits per heavy atom. The third-order valence-corrected chi connectivity index (χ3v) is 5.67. The van der Waals surface area contributed by atoms with Gasteiger partial charge < -0.3 is 15.0 Å². The van der Waals surface area contributed by atoms with Gasteiger partial charge in [-0.2, -0.15) is 18.2 Å². The van der Waals surface area contributed by atoms with Gasteiger partial charge >= 0.3 is 11.9 Å². The van der Waals surface area contributed by atoms with Gasteiger partial charge in [0.05, 0.1) is 25.3 Å². The number of nitrogens with one attached hydrogen (secondary N) is 2. The molecule has 3 aromatic rings. The third kappa shape index (κ3) is 6.97. The molecule has 0 saturated heterocycles. The highest BCUT2D eigenvalue weighted by atomic mass is 35.5. The highest BCUT2D eigenvalue weighted by Gasteiger charge is 2.30. The summed E-state index contributed by atoms with van der Waals surface area (Å²) in [5.41, 5.74) is -1.21. The summed E-state index contributed by atoms with van der Waals surface area (Å²) in [7, 11) is 0. The van der Waals surface area contributed by atoms with Crippen molar-refractivity contribution in [1.29, 1.82) is 0 Å². The molecule has 0 bridgehead atoms. The van der Waals surface area contributed by atoms with Crippen molar-refractivity contribution in [3.05, 3.63) is 61.5 Å². The first-order valence-corrected chi connectivity index (χ1v) is 11.9. The Morgan fingerprint density at radius 1 is 1.17 bits per heavy atom. The predicted octanol–water partition coefficient (Wildman–Crippen LogP) is 3.47. The van der Waals surface area contributed by atoms with Gasteiger partial charge in [0, 0.05) is 19.5 Å². The van der Waals surface area contributed by atoms with Crippen molar-refractivity contribution < 1.29 is 22.7 Å². The number of aromatic nitrogens is 4. The van der Waals surface area contributed by atoms with Crippen molar-refractivity contribution in [2.45, 2.75) is 58.4 Å². The number of imidazole rings is 1. The highest BCUT2D eigenvalue weighted by Crippen LogP contribution is 2.29. The molecule has 0 aliphatic carbocycles. The van der Waals surface area contributed by atoms with Crippen LogP contribution in [0.3, 0.4) is 0 Å². The van der Waals surface area contributed by atoms with Crippen LogP contribution in [0.15, 0.2) is 33.9 Å². The maximum atomic E-state index is 12.9. The zero-order valence-corrected chi connectivity index (χ0v) is 20.4. The second-order valence-corrected chi connectivity index (χ2v) is 8.52. The van der Waals surface area contributed by atoms with Crippen LogP contribution in [0.25, 0.3) is 11.2 Å². The monoisotopic (exact) mass is 529 g/mol. The Balaban J connectivity index is 1.52. The SMILES string of the molecule is CCCCCn1c(=O)n(CCOCCC(=O)NCc2cccc(C(F)(F)F)c2)c(=O)c2[nH]c(Cl)nc21. The lowest BCUT2D eigenvalue weighted by atomic mass is 10.1. The van der Waals surface area contributed by atoms with E-state index < -0.39 is 28.9 Å². The normalized spacial score (nSPS) is 11.8. The van der Waals surface area contributed by atoms with E-state index in [1.165, 1.54) is 16.7 Å². The van der Waals surface area contributed by atoms with Crippen LogP contribution in [0.1, 0.15) is 43.7 Å². The number of carbonyl (C=O) groups excluding carboxylic acids is 1. The molecule has 0 unspecified atom stereocenters. The summed E-state index contributed by atoms with van der Waals surface area (Å²) in [4.78, 5) is 44.4. The second kappa shape index (κ2) is 12.2. The molecule has 3 rings (SSSR count). The molecule has 36 heavy (non-hydrogen) atoms. The lowest BCUT2D eigenvalue weighted by Gasteiger charge is -2.12. The van der Waals surface area contributed by atoms with E-state index in [9.17, 15) is 27.6 Å². The predicted molar refractivity (Wildman–Crippen MR) is 128 cm³/mol. The molecular weight excluding hydrogens is 503 g/mol. The third-order valence-electron chi connectivity index (χ3n) is 5.49. The number of hydrogen-bond acceptors (Lipinski definition) is 5. The fourth-order valence-electron chi connectivity index (χ4n) is 3.63. The summed E-state index contributed by atoms with van der Waals surface area (Å²) in [5.74, 6) is -0.406. The maximum absolute atomic E-state index is 12.9. The quantitative estimate of drug-likeness (QED) is 0.276. The number of benzene rings is 1. The Bertz CT molecular complexity index is 1320. The molecule has 0 atom stereocenters. The number of fused-ring (bicyclic) bond motifs is 1. The second-order valence-electron chi connectivity index (χ2n) is 8.16.